The zero-order valence-electron chi connectivity index (χ0n) is 35.9. The number of para-hydroxylation sites is 1. The van der Waals surface area contributed by atoms with E-state index in [2.05, 4.69) is 65.6 Å². The third kappa shape index (κ3) is 11.3. The van der Waals surface area contributed by atoms with Crippen molar-refractivity contribution in [3.05, 3.63) is 118 Å². The zero-order valence-corrected chi connectivity index (χ0v) is 36.9. The summed E-state index contributed by atoms with van der Waals surface area (Å²) < 4.78 is 18.5. The molecule has 5 aromatic rings. The second-order valence-corrected chi connectivity index (χ2v) is 21.7. The van der Waals surface area contributed by atoms with Gasteiger partial charge < -0.3 is 39.5 Å². The van der Waals surface area contributed by atoms with Crippen LogP contribution in [0.4, 0.5) is 16.2 Å². The van der Waals surface area contributed by atoms with Crippen LogP contribution in [-0.4, -0.2) is 74.7 Å². The Morgan fingerprint density at radius 3 is 2.39 bits per heavy atom. The third-order valence-electron chi connectivity index (χ3n) is 11.7. The molecule has 320 valence electrons. The molecule has 1 atom stereocenters. The molecule has 0 radical (unpaired) electrons. The molecule has 61 heavy (non-hydrogen) atoms. The number of pyridine rings is 1. The smallest absolute Gasteiger partial charge is 0.411 e. The fourth-order valence-corrected chi connectivity index (χ4v) is 8.55. The van der Waals surface area contributed by atoms with Crippen LogP contribution in [0.5, 0.6) is 11.5 Å². The van der Waals surface area contributed by atoms with Crippen LogP contribution < -0.4 is 26.2 Å². The number of piperidine rings is 1. The zero-order chi connectivity index (χ0) is 43.7. The number of hydrogen-bond acceptors (Lipinski definition) is 9. The number of anilines is 2. The molecule has 0 saturated carbocycles. The summed E-state index contributed by atoms with van der Waals surface area (Å²) in [6.07, 6.45) is 6.45. The standard InChI is InChI=1S/C48H57N5O7Si/c1-8-32-28-34(30-49-31-43(60-61(6,7)48(2,3)4)37-18-20-41(54)46-38(37)19-21-44(55)52-46)42(58-5)29-40(32)50-45(56)24-27-53-25-22-35(23-26-53)59-47(57)51-39-17-13-12-16-36(39)33-14-10-9-11-15-33/h1,9-21,28-29,35,43,49,54H,22-27,30-31H2,2-7H3,(H,50,56)(H,51,57)(H,52,55)/t43-/m0/s1. The molecule has 6 rings (SSSR count). The Labute approximate surface area is 359 Å². The van der Waals surface area contributed by atoms with Gasteiger partial charge in [-0.05, 0) is 66.4 Å². The molecule has 0 unspecified atom stereocenters. The monoisotopic (exact) mass is 843 g/mol. The Morgan fingerprint density at radius 1 is 0.967 bits per heavy atom. The molecule has 12 nitrogen and oxygen atoms in total. The summed E-state index contributed by atoms with van der Waals surface area (Å²) in [7, 11) is -0.711. The first kappa shape index (κ1) is 44.6. The van der Waals surface area contributed by atoms with Crippen LogP contribution in [0.3, 0.4) is 0 Å². The predicted molar refractivity (Wildman–Crippen MR) is 245 cm³/mol. The van der Waals surface area contributed by atoms with Crippen LogP contribution in [0.2, 0.25) is 18.1 Å². The first-order chi connectivity index (χ1) is 29.1. The first-order valence-corrected chi connectivity index (χ1v) is 23.6. The number of methoxy groups -OCH3 is 1. The number of rotatable bonds is 15. The average molecular weight is 844 g/mol. The fraction of sp³-hybridized carbons (Fsp3) is 0.354. The van der Waals surface area contributed by atoms with Gasteiger partial charge in [-0.1, -0.05) is 81.3 Å². The molecule has 1 fully saturated rings. The molecule has 1 aliphatic rings. The average Bonchev–Trinajstić information content (AvgIpc) is 3.23. The Morgan fingerprint density at radius 2 is 1.69 bits per heavy atom. The minimum absolute atomic E-state index is 0.00962. The summed E-state index contributed by atoms with van der Waals surface area (Å²) in [5.41, 5.74) is 5.34. The Bertz CT molecular complexity index is 2430. The largest absolute Gasteiger partial charge is 0.506 e. The van der Waals surface area contributed by atoms with Gasteiger partial charge in [-0.2, -0.15) is 0 Å². The minimum atomic E-state index is -2.29. The van der Waals surface area contributed by atoms with E-state index in [1.54, 1.807) is 25.3 Å². The quantitative estimate of drug-likeness (QED) is 0.0514. The molecule has 0 spiro atoms. The van der Waals surface area contributed by atoms with E-state index in [1.165, 1.54) is 6.07 Å². The molecular weight excluding hydrogens is 787 g/mol. The number of aromatic nitrogens is 1. The number of terminal acetylenes is 1. The van der Waals surface area contributed by atoms with E-state index < -0.39 is 20.5 Å². The van der Waals surface area contributed by atoms with E-state index in [9.17, 15) is 19.5 Å². The summed E-state index contributed by atoms with van der Waals surface area (Å²) in [5, 5.41) is 20.6. The summed E-state index contributed by atoms with van der Waals surface area (Å²) in [6, 6.07) is 27.7. The molecular formula is C48H57N5O7Si. The Balaban J connectivity index is 1.03. The molecule has 4 aromatic carbocycles. The number of aromatic hydroxyl groups is 1. The highest BCUT2D eigenvalue weighted by Gasteiger charge is 2.40. The van der Waals surface area contributed by atoms with Crippen molar-refractivity contribution in [2.45, 2.75) is 76.9 Å². The Hall–Kier alpha value is -5.91. The molecule has 1 aromatic heterocycles. The number of nitrogens with one attached hydrogen (secondary N) is 4. The van der Waals surface area contributed by atoms with Gasteiger partial charge in [0.15, 0.2) is 8.32 Å². The number of likely N-dealkylation sites (tertiary alicyclic amines) is 1. The number of phenolic OH excluding ortho intramolecular Hbond substituents is 1. The van der Waals surface area contributed by atoms with Crippen molar-refractivity contribution in [2.75, 3.05) is 43.9 Å². The number of amides is 2. The minimum Gasteiger partial charge on any atom is -0.506 e. The van der Waals surface area contributed by atoms with Crippen LogP contribution in [0.25, 0.3) is 22.0 Å². The van der Waals surface area contributed by atoms with Crippen molar-refractivity contribution >= 4 is 42.6 Å². The fourth-order valence-electron chi connectivity index (χ4n) is 7.28. The van der Waals surface area contributed by atoms with Crippen LogP contribution in [0.15, 0.2) is 95.8 Å². The van der Waals surface area contributed by atoms with E-state index in [0.29, 0.717) is 79.2 Å². The van der Waals surface area contributed by atoms with Gasteiger partial charge in [0, 0.05) is 73.4 Å². The summed E-state index contributed by atoms with van der Waals surface area (Å²) in [6.45, 7) is 13.7. The molecule has 13 heteroatoms. The number of aromatic amines is 1. The molecule has 2 amide bonds. The van der Waals surface area contributed by atoms with E-state index in [0.717, 1.165) is 22.3 Å². The van der Waals surface area contributed by atoms with Crippen molar-refractivity contribution in [3.8, 4) is 35.0 Å². The summed E-state index contributed by atoms with van der Waals surface area (Å²) in [4.78, 5) is 43.2. The highest BCUT2D eigenvalue weighted by molar-refractivity contribution is 6.74. The van der Waals surface area contributed by atoms with Crippen molar-refractivity contribution < 1.29 is 28.6 Å². The number of H-pyrrole nitrogens is 1. The van der Waals surface area contributed by atoms with Crippen LogP contribution >= 0.6 is 0 Å². The number of carbonyl (C=O) groups excluding carboxylic acids is 2. The maximum Gasteiger partial charge on any atom is 0.411 e. The van der Waals surface area contributed by atoms with E-state index in [4.69, 9.17) is 20.3 Å². The third-order valence-corrected chi connectivity index (χ3v) is 16.2. The molecule has 1 saturated heterocycles. The van der Waals surface area contributed by atoms with Gasteiger partial charge in [0.1, 0.15) is 17.6 Å². The summed E-state index contributed by atoms with van der Waals surface area (Å²) in [5.74, 6) is 3.10. The highest BCUT2D eigenvalue weighted by Crippen LogP contribution is 2.41. The number of benzene rings is 4. The first-order valence-electron chi connectivity index (χ1n) is 20.7. The number of carbonyl (C=O) groups is 2. The van der Waals surface area contributed by atoms with Gasteiger partial charge >= 0.3 is 6.09 Å². The highest BCUT2D eigenvalue weighted by atomic mass is 28.4. The lowest BCUT2D eigenvalue weighted by Gasteiger charge is -2.39. The van der Waals surface area contributed by atoms with Gasteiger partial charge in [-0.3, -0.25) is 14.9 Å². The van der Waals surface area contributed by atoms with Gasteiger partial charge in [0.2, 0.25) is 11.5 Å². The summed E-state index contributed by atoms with van der Waals surface area (Å²) >= 11 is 0. The van der Waals surface area contributed by atoms with Crippen LogP contribution in [0, 0.1) is 12.3 Å². The van der Waals surface area contributed by atoms with Crippen molar-refractivity contribution in [3.63, 3.8) is 0 Å². The van der Waals surface area contributed by atoms with Crippen molar-refractivity contribution in [2.24, 2.45) is 0 Å². The predicted octanol–water partition coefficient (Wildman–Crippen LogP) is 8.79. The molecule has 0 aliphatic carbocycles. The lowest BCUT2D eigenvalue weighted by atomic mass is 10.0. The molecule has 1 aliphatic heterocycles. The van der Waals surface area contributed by atoms with Crippen molar-refractivity contribution in [1.29, 1.82) is 0 Å². The number of ether oxygens (including phenoxy) is 2. The van der Waals surface area contributed by atoms with Gasteiger partial charge in [-0.25, -0.2) is 4.79 Å². The van der Waals surface area contributed by atoms with Crippen molar-refractivity contribution in [1.82, 2.24) is 15.2 Å². The van der Waals surface area contributed by atoms with E-state index in [-0.39, 0.29) is 34.8 Å². The maximum atomic E-state index is 13.2. The topological polar surface area (TPSA) is 154 Å². The van der Waals surface area contributed by atoms with Crippen LogP contribution in [0.1, 0.15) is 62.8 Å². The normalized spacial score (nSPS) is 14.2. The maximum absolute atomic E-state index is 13.2. The lowest BCUT2D eigenvalue weighted by Crippen LogP contribution is -2.43. The second kappa shape index (κ2) is 19.6. The second-order valence-electron chi connectivity index (χ2n) is 16.9. The number of nitrogens with zero attached hydrogens (tertiary/aromatic N) is 1. The van der Waals surface area contributed by atoms with Crippen LogP contribution in [-0.2, 0) is 20.5 Å². The molecule has 5 N–H and O–H groups in total. The van der Waals surface area contributed by atoms with E-state index in [1.807, 2.05) is 66.7 Å². The molecule has 0 bridgehead atoms. The van der Waals surface area contributed by atoms with E-state index >= 15 is 0 Å². The lowest BCUT2D eigenvalue weighted by molar-refractivity contribution is -0.116. The Kier molecular flexibility index (Phi) is 14.4. The number of fused-ring (bicyclic) bond motifs is 1. The SMILES string of the molecule is C#Cc1cc(CNC[C@H](O[Si](C)(C)C(C)(C)C)c2ccc(O)c3[nH]c(=O)ccc23)c(OC)cc1NC(=O)CCN1CCC(OC(=O)Nc2ccccc2-c2ccccc2)CC1. The van der Waals surface area contributed by atoms with Gasteiger partial charge in [0.05, 0.1) is 30.1 Å². The number of hydrogen-bond donors (Lipinski definition) is 5. The van der Waals surface area contributed by atoms with Gasteiger partial charge in [0.25, 0.3) is 0 Å². The number of phenols is 1. The van der Waals surface area contributed by atoms with Gasteiger partial charge in [-0.15, -0.1) is 6.42 Å². The molecule has 2 heterocycles.